The van der Waals surface area contributed by atoms with Gasteiger partial charge in [0, 0.05) is 6.42 Å². The summed E-state index contributed by atoms with van der Waals surface area (Å²) in [4.78, 5) is 20.5. The molecule has 0 N–H and O–H groups in total. The van der Waals surface area contributed by atoms with E-state index in [1.807, 2.05) is 13.8 Å². The monoisotopic (exact) mass is 202 g/mol. The topological polar surface area (TPSA) is 35.5 Å². The second-order valence-corrected chi connectivity index (χ2v) is 5.19. The molecule has 0 aromatic carbocycles. The Kier molecular flexibility index (Phi) is 5.77. The van der Waals surface area contributed by atoms with Crippen molar-refractivity contribution in [2.45, 2.75) is 47.5 Å². The third kappa shape index (κ3) is 9.52. The molecule has 3 nitrogen and oxygen atoms in total. The highest BCUT2D eigenvalue weighted by Gasteiger charge is 2.14. The fraction of sp³-hybridized carbons (Fsp3) is 0.909. The fourth-order valence-electron chi connectivity index (χ4n) is 0.755. The minimum atomic E-state index is -0.277. The zero-order valence-corrected chi connectivity index (χ0v) is 9.92. The molecule has 0 aromatic heterocycles. The summed E-state index contributed by atoms with van der Waals surface area (Å²) in [5.41, 5.74) is 0.164. The normalized spacial score (nSPS) is 11.9. The van der Waals surface area contributed by atoms with Gasteiger partial charge in [-0.15, -0.1) is 0 Å². The Morgan fingerprint density at radius 3 is 2.29 bits per heavy atom. The molecular weight excluding hydrogens is 180 g/mol. The molecule has 0 fully saturated rings. The first-order valence-corrected chi connectivity index (χ1v) is 5.13. The lowest BCUT2D eigenvalue weighted by Gasteiger charge is -2.16. The molecule has 0 bridgehead atoms. The molecule has 0 heterocycles. The van der Waals surface area contributed by atoms with Crippen LogP contribution in [0.4, 0.5) is 0 Å². The predicted molar refractivity (Wildman–Crippen MR) is 55.6 cm³/mol. The molecule has 14 heavy (non-hydrogen) atoms. The second-order valence-electron chi connectivity index (χ2n) is 5.19. The molecule has 0 aromatic rings. The lowest BCUT2D eigenvalue weighted by molar-refractivity contribution is -0.277. The molecule has 0 atom stereocenters. The largest absolute Gasteiger partial charge is 0.342 e. The minimum absolute atomic E-state index is 0.164. The number of carbonyl (C=O) groups excluding carboxylic acids is 1. The second kappa shape index (κ2) is 6.02. The summed E-state index contributed by atoms with van der Waals surface area (Å²) in [6, 6.07) is 0. The van der Waals surface area contributed by atoms with Gasteiger partial charge in [0.1, 0.15) is 0 Å². The van der Waals surface area contributed by atoms with Crippen molar-refractivity contribution in [3.05, 3.63) is 0 Å². The van der Waals surface area contributed by atoms with E-state index < -0.39 is 0 Å². The van der Waals surface area contributed by atoms with E-state index in [2.05, 4.69) is 25.7 Å². The van der Waals surface area contributed by atoms with Gasteiger partial charge >= 0.3 is 5.97 Å². The summed E-state index contributed by atoms with van der Waals surface area (Å²) in [6.07, 6.45) is 1.23. The highest BCUT2D eigenvalue weighted by atomic mass is 17.2. The molecule has 3 heteroatoms. The van der Waals surface area contributed by atoms with Gasteiger partial charge in [0.25, 0.3) is 0 Å². The van der Waals surface area contributed by atoms with Crippen LogP contribution in [0.3, 0.4) is 0 Å². The zero-order valence-electron chi connectivity index (χ0n) is 9.92. The smallest absolute Gasteiger partial charge is 0.298 e. The van der Waals surface area contributed by atoms with E-state index in [9.17, 15) is 4.79 Å². The molecule has 84 valence electrons. The van der Waals surface area contributed by atoms with Crippen LogP contribution in [-0.2, 0) is 14.6 Å². The van der Waals surface area contributed by atoms with Crippen LogP contribution in [0.15, 0.2) is 0 Å². The average molecular weight is 202 g/mol. The lowest BCUT2D eigenvalue weighted by atomic mass is 9.91. The van der Waals surface area contributed by atoms with Crippen LogP contribution < -0.4 is 0 Å². The highest BCUT2D eigenvalue weighted by Crippen LogP contribution is 2.20. The van der Waals surface area contributed by atoms with Crippen LogP contribution in [0.5, 0.6) is 0 Å². The predicted octanol–water partition coefficient (Wildman–Crippen LogP) is 2.94. The van der Waals surface area contributed by atoms with Gasteiger partial charge in [0.2, 0.25) is 0 Å². The lowest BCUT2D eigenvalue weighted by Crippen LogP contribution is -2.13. The van der Waals surface area contributed by atoms with Crippen LogP contribution in [0.1, 0.15) is 47.5 Å². The standard InChI is InChI=1S/C11H22O3/c1-9(2)8-13-14-10(12)6-7-11(3,4)5/h9H,6-8H2,1-5H3. The van der Waals surface area contributed by atoms with E-state index in [4.69, 9.17) is 4.89 Å². The Hall–Kier alpha value is -0.570. The van der Waals surface area contributed by atoms with Gasteiger partial charge in [0.05, 0.1) is 6.61 Å². The van der Waals surface area contributed by atoms with Crippen molar-refractivity contribution in [3.8, 4) is 0 Å². The van der Waals surface area contributed by atoms with E-state index in [-0.39, 0.29) is 11.4 Å². The Labute approximate surface area is 86.7 Å². The Morgan fingerprint density at radius 2 is 1.86 bits per heavy atom. The molecule has 0 amide bonds. The first kappa shape index (κ1) is 13.4. The first-order valence-electron chi connectivity index (χ1n) is 5.13. The van der Waals surface area contributed by atoms with E-state index >= 15 is 0 Å². The van der Waals surface area contributed by atoms with Crippen molar-refractivity contribution in [2.75, 3.05) is 6.61 Å². The van der Waals surface area contributed by atoms with Crippen molar-refractivity contribution in [1.29, 1.82) is 0 Å². The van der Waals surface area contributed by atoms with Gasteiger partial charge in [-0.05, 0) is 17.8 Å². The van der Waals surface area contributed by atoms with Gasteiger partial charge in [-0.3, -0.25) is 4.89 Å². The third-order valence-corrected chi connectivity index (χ3v) is 1.63. The van der Waals surface area contributed by atoms with Crippen molar-refractivity contribution in [1.82, 2.24) is 0 Å². The maximum Gasteiger partial charge on any atom is 0.342 e. The van der Waals surface area contributed by atoms with Gasteiger partial charge in [-0.25, -0.2) is 4.79 Å². The summed E-state index contributed by atoms with van der Waals surface area (Å²) in [5, 5.41) is 0. The van der Waals surface area contributed by atoms with Crippen LogP contribution in [-0.4, -0.2) is 12.6 Å². The van der Waals surface area contributed by atoms with E-state index in [0.717, 1.165) is 6.42 Å². The molecule has 0 saturated heterocycles. The van der Waals surface area contributed by atoms with E-state index in [0.29, 0.717) is 18.9 Å². The van der Waals surface area contributed by atoms with Crippen molar-refractivity contribution in [2.24, 2.45) is 11.3 Å². The van der Waals surface area contributed by atoms with E-state index in [1.54, 1.807) is 0 Å². The average Bonchev–Trinajstić information content (AvgIpc) is 1.99. The highest BCUT2D eigenvalue weighted by molar-refractivity contribution is 5.68. The quantitative estimate of drug-likeness (QED) is 0.508. The Bertz CT molecular complexity index is 168. The Morgan fingerprint density at radius 1 is 1.29 bits per heavy atom. The number of carbonyl (C=O) groups is 1. The maximum atomic E-state index is 11.1. The zero-order chi connectivity index (χ0) is 11.2. The summed E-state index contributed by atoms with van der Waals surface area (Å²) in [7, 11) is 0. The molecule has 0 rings (SSSR count). The van der Waals surface area contributed by atoms with Gasteiger partial charge in [-0.1, -0.05) is 34.6 Å². The Balaban J connectivity index is 3.47. The summed E-state index contributed by atoms with van der Waals surface area (Å²) < 4.78 is 0. The van der Waals surface area contributed by atoms with Gasteiger partial charge < -0.3 is 0 Å². The van der Waals surface area contributed by atoms with Crippen molar-refractivity contribution >= 4 is 5.97 Å². The van der Waals surface area contributed by atoms with Gasteiger partial charge in [-0.2, -0.15) is 4.89 Å². The number of hydrogen-bond donors (Lipinski definition) is 0. The molecule has 0 aliphatic rings. The fourth-order valence-corrected chi connectivity index (χ4v) is 0.755. The number of hydrogen-bond acceptors (Lipinski definition) is 3. The van der Waals surface area contributed by atoms with Crippen LogP contribution in [0.2, 0.25) is 0 Å². The molecular formula is C11H22O3. The number of rotatable bonds is 5. The first-order chi connectivity index (χ1) is 6.31. The maximum absolute atomic E-state index is 11.1. The van der Waals surface area contributed by atoms with Gasteiger partial charge in [0.15, 0.2) is 0 Å². The van der Waals surface area contributed by atoms with Crippen molar-refractivity contribution < 1.29 is 14.6 Å². The van der Waals surface area contributed by atoms with Crippen LogP contribution >= 0.6 is 0 Å². The summed E-state index contributed by atoms with van der Waals surface area (Å²) in [5.74, 6) is 0.103. The molecule has 0 unspecified atom stereocenters. The molecule has 0 saturated carbocycles. The molecule has 0 radical (unpaired) electrons. The third-order valence-electron chi connectivity index (χ3n) is 1.63. The van der Waals surface area contributed by atoms with E-state index in [1.165, 1.54) is 0 Å². The minimum Gasteiger partial charge on any atom is -0.298 e. The SMILES string of the molecule is CC(C)COOC(=O)CCC(C)(C)C. The summed E-state index contributed by atoms with van der Waals surface area (Å²) >= 11 is 0. The molecule has 0 spiro atoms. The van der Waals surface area contributed by atoms with Crippen LogP contribution in [0, 0.1) is 11.3 Å². The molecule has 0 aliphatic heterocycles. The van der Waals surface area contributed by atoms with Crippen LogP contribution in [0.25, 0.3) is 0 Å². The summed E-state index contributed by atoms with van der Waals surface area (Å²) in [6.45, 7) is 10.7. The molecule has 0 aliphatic carbocycles. The van der Waals surface area contributed by atoms with Crippen molar-refractivity contribution in [3.63, 3.8) is 0 Å².